The summed E-state index contributed by atoms with van der Waals surface area (Å²) in [7, 11) is 1.67. The fourth-order valence-corrected chi connectivity index (χ4v) is 3.47. The third-order valence-corrected chi connectivity index (χ3v) is 3.81. The molecule has 1 rings (SSSR count). The van der Waals surface area contributed by atoms with Crippen molar-refractivity contribution in [2.75, 3.05) is 13.7 Å². The largest absolute Gasteiger partial charge is 0.384 e. The molecule has 5 heteroatoms. The molecule has 0 saturated heterocycles. The van der Waals surface area contributed by atoms with Crippen molar-refractivity contribution in [2.24, 2.45) is 11.8 Å². The van der Waals surface area contributed by atoms with Crippen molar-refractivity contribution in [3.8, 4) is 0 Å². The monoisotopic (exact) mass is 346 g/mol. The highest BCUT2D eigenvalue weighted by Crippen LogP contribution is 2.38. The zero-order valence-corrected chi connectivity index (χ0v) is 14.8. The SMILES string of the molecule is COCCn1ncc(Br)c1C(O)(CC(C)C)CC(C)C. The first kappa shape index (κ1) is 17.7. The lowest BCUT2D eigenvalue weighted by molar-refractivity contribution is -0.0140. The number of hydrogen-bond acceptors (Lipinski definition) is 3. The first-order chi connectivity index (χ1) is 9.30. The average molecular weight is 347 g/mol. The molecule has 116 valence electrons. The van der Waals surface area contributed by atoms with Gasteiger partial charge in [-0.05, 0) is 40.6 Å². The Labute approximate surface area is 130 Å². The normalized spacial score (nSPS) is 12.7. The van der Waals surface area contributed by atoms with Crippen LogP contribution in [-0.2, 0) is 16.9 Å². The van der Waals surface area contributed by atoms with Crippen LogP contribution in [0.1, 0.15) is 46.2 Å². The van der Waals surface area contributed by atoms with Gasteiger partial charge in [0.25, 0.3) is 0 Å². The standard InChI is InChI=1S/C15H27BrN2O2/c1-11(2)8-15(19,9-12(3)4)14-13(16)10-17-18(14)6-7-20-5/h10-12,19H,6-9H2,1-5H3. The molecule has 0 bridgehead atoms. The Hall–Kier alpha value is -0.390. The van der Waals surface area contributed by atoms with Gasteiger partial charge < -0.3 is 9.84 Å². The molecule has 0 unspecified atom stereocenters. The summed E-state index contributed by atoms with van der Waals surface area (Å²) < 4.78 is 7.86. The molecule has 1 heterocycles. The predicted molar refractivity (Wildman–Crippen MR) is 84.6 cm³/mol. The van der Waals surface area contributed by atoms with Crippen molar-refractivity contribution in [3.05, 3.63) is 16.4 Å². The van der Waals surface area contributed by atoms with Crippen molar-refractivity contribution >= 4 is 15.9 Å². The summed E-state index contributed by atoms with van der Waals surface area (Å²) in [5.41, 5.74) is 0.0164. The minimum absolute atomic E-state index is 0.413. The van der Waals surface area contributed by atoms with Crippen LogP contribution in [0.3, 0.4) is 0 Å². The lowest BCUT2D eigenvalue weighted by Crippen LogP contribution is -2.33. The molecule has 4 nitrogen and oxygen atoms in total. The molecule has 0 aromatic carbocycles. The van der Waals surface area contributed by atoms with Crippen LogP contribution in [0.5, 0.6) is 0 Å². The maximum absolute atomic E-state index is 11.2. The molecule has 0 radical (unpaired) electrons. The number of nitrogens with zero attached hydrogens (tertiary/aromatic N) is 2. The number of halogens is 1. The van der Waals surface area contributed by atoms with E-state index in [2.05, 4.69) is 48.7 Å². The fourth-order valence-electron chi connectivity index (χ4n) is 2.80. The first-order valence-corrected chi connectivity index (χ1v) is 8.02. The molecule has 0 atom stereocenters. The minimum atomic E-state index is -0.856. The Balaban J connectivity index is 3.15. The van der Waals surface area contributed by atoms with Crippen LogP contribution in [0.2, 0.25) is 0 Å². The minimum Gasteiger partial charge on any atom is -0.384 e. The van der Waals surface area contributed by atoms with Crippen molar-refractivity contribution in [1.82, 2.24) is 9.78 Å². The number of rotatable bonds is 8. The molecule has 0 aliphatic heterocycles. The second-order valence-electron chi connectivity index (χ2n) is 6.28. The molecule has 0 spiro atoms. The van der Waals surface area contributed by atoms with Gasteiger partial charge in [0, 0.05) is 7.11 Å². The molecule has 0 amide bonds. The van der Waals surface area contributed by atoms with Gasteiger partial charge in [-0.3, -0.25) is 4.68 Å². The summed E-state index contributed by atoms with van der Waals surface area (Å²) in [6.45, 7) is 9.77. The first-order valence-electron chi connectivity index (χ1n) is 7.23. The Kier molecular flexibility index (Phi) is 6.69. The van der Waals surface area contributed by atoms with Crippen molar-refractivity contribution in [1.29, 1.82) is 0 Å². The zero-order chi connectivity index (χ0) is 15.3. The van der Waals surface area contributed by atoms with Crippen LogP contribution in [0.4, 0.5) is 0 Å². The highest BCUT2D eigenvalue weighted by Gasteiger charge is 2.36. The molecule has 1 aromatic rings. The van der Waals surface area contributed by atoms with Gasteiger partial charge in [-0.25, -0.2) is 0 Å². The zero-order valence-electron chi connectivity index (χ0n) is 13.2. The molecular formula is C15H27BrN2O2. The third-order valence-electron chi connectivity index (χ3n) is 3.23. The molecular weight excluding hydrogens is 320 g/mol. The van der Waals surface area contributed by atoms with Gasteiger partial charge >= 0.3 is 0 Å². The average Bonchev–Trinajstić information content (AvgIpc) is 2.66. The Morgan fingerprint density at radius 1 is 1.30 bits per heavy atom. The van der Waals surface area contributed by atoms with E-state index < -0.39 is 5.60 Å². The lowest BCUT2D eigenvalue weighted by Gasteiger charge is -2.32. The lowest BCUT2D eigenvalue weighted by atomic mass is 9.82. The van der Waals surface area contributed by atoms with E-state index in [0.29, 0.717) is 25.0 Å². The van der Waals surface area contributed by atoms with E-state index in [-0.39, 0.29) is 0 Å². The van der Waals surface area contributed by atoms with Gasteiger partial charge in [0.05, 0.1) is 29.5 Å². The second-order valence-corrected chi connectivity index (χ2v) is 7.14. The number of aliphatic hydroxyl groups is 1. The summed E-state index contributed by atoms with van der Waals surface area (Å²) in [6, 6.07) is 0. The molecule has 20 heavy (non-hydrogen) atoms. The van der Waals surface area contributed by atoms with Crippen LogP contribution in [0, 0.1) is 11.8 Å². The van der Waals surface area contributed by atoms with Gasteiger partial charge in [-0.15, -0.1) is 0 Å². The van der Waals surface area contributed by atoms with E-state index in [4.69, 9.17) is 4.74 Å². The maximum atomic E-state index is 11.2. The third kappa shape index (κ3) is 4.57. The van der Waals surface area contributed by atoms with Crippen molar-refractivity contribution in [3.63, 3.8) is 0 Å². The highest BCUT2D eigenvalue weighted by atomic mass is 79.9. The summed E-state index contributed by atoms with van der Waals surface area (Å²) in [4.78, 5) is 0. The van der Waals surface area contributed by atoms with Gasteiger partial charge in [-0.1, -0.05) is 27.7 Å². The van der Waals surface area contributed by atoms with Crippen LogP contribution >= 0.6 is 15.9 Å². The van der Waals surface area contributed by atoms with Gasteiger partial charge in [0.1, 0.15) is 5.60 Å². The van der Waals surface area contributed by atoms with Gasteiger partial charge in [-0.2, -0.15) is 5.10 Å². The topological polar surface area (TPSA) is 47.3 Å². The van der Waals surface area contributed by atoms with Crippen molar-refractivity contribution < 1.29 is 9.84 Å². The van der Waals surface area contributed by atoms with Crippen LogP contribution in [0.15, 0.2) is 10.7 Å². The van der Waals surface area contributed by atoms with E-state index in [9.17, 15) is 5.11 Å². The summed E-state index contributed by atoms with van der Waals surface area (Å²) in [6.07, 6.45) is 3.21. The summed E-state index contributed by atoms with van der Waals surface area (Å²) in [5, 5.41) is 15.6. The van der Waals surface area contributed by atoms with E-state index in [0.717, 1.165) is 23.0 Å². The molecule has 0 saturated carbocycles. The number of methoxy groups -OCH3 is 1. The van der Waals surface area contributed by atoms with E-state index in [1.165, 1.54) is 0 Å². The second kappa shape index (κ2) is 7.57. The van der Waals surface area contributed by atoms with Crippen LogP contribution < -0.4 is 0 Å². The van der Waals surface area contributed by atoms with E-state index >= 15 is 0 Å². The molecule has 1 N–H and O–H groups in total. The van der Waals surface area contributed by atoms with Crippen LogP contribution in [0.25, 0.3) is 0 Å². The van der Waals surface area contributed by atoms with E-state index in [1.807, 2.05) is 4.68 Å². The Morgan fingerprint density at radius 2 is 1.85 bits per heavy atom. The van der Waals surface area contributed by atoms with E-state index in [1.54, 1.807) is 13.3 Å². The summed E-state index contributed by atoms with van der Waals surface area (Å²) in [5.74, 6) is 0.827. The smallest absolute Gasteiger partial charge is 0.108 e. The van der Waals surface area contributed by atoms with Crippen molar-refractivity contribution in [2.45, 2.75) is 52.7 Å². The molecule has 0 aliphatic rings. The Bertz CT molecular complexity index is 406. The maximum Gasteiger partial charge on any atom is 0.108 e. The molecule has 1 aromatic heterocycles. The summed E-state index contributed by atoms with van der Waals surface area (Å²) >= 11 is 3.54. The van der Waals surface area contributed by atoms with Gasteiger partial charge in [0.2, 0.25) is 0 Å². The predicted octanol–water partition coefficient (Wildman–Crippen LogP) is 3.57. The molecule has 0 fully saturated rings. The number of ether oxygens (including phenoxy) is 1. The van der Waals surface area contributed by atoms with Crippen LogP contribution in [-0.4, -0.2) is 28.6 Å². The van der Waals surface area contributed by atoms with Gasteiger partial charge in [0.15, 0.2) is 0 Å². The molecule has 0 aliphatic carbocycles. The highest BCUT2D eigenvalue weighted by molar-refractivity contribution is 9.10. The number of aromatic nitrogens is 2. The fraction of sp³-hybridized carbons (Fsp3) is 0.800. The quantitative estimate of drug-likeness (QED) is 0.782. The number of hydrogen-bond donors (Lipinski definition) is 1. The Morgan fingerprint density at radius 3 is 2.30 bits per heavy atom.